The van der Waals surface area contributed by atoms with Crippen LogP contribution in [0.1, 0.15) is 31.2 Å². The Balaban J connectivity index is 2.56. The zero-order valence-corrected chi connectivity index (χ0v) is 11.3. The number of anilines is 1. The largest absolute Gasteiger partial charge is 0.481 e. The van der Waals surface area contributed by atoms with Crippen LogP contribution < -0.4 is 10.6 Å². The van der Waals surface area contributed by atoms with Crippen molar-refractivity contribution in [2.45, 2.75) is 25.7 Å². The van der Waals surface area contributed by atoms with Crippen LogP contribution in [0, 0.1) is 0 Å². The van der Waals surface area contributed by atoms with E-state index >= 15 is 0 Å². The minimum Gasteiger partial charge on any atom is -0.481 e. The Morgan fingerprint density at radius 3 is 2.42 bits per heavy atom. The third-order valence-corrected chi connectivity index (χ3v) is 2.85. The van der Waals surface area contributed by atoms with Gasteiger partial charge in [-0.2, -0.15) is 0 Å². The first-order valence-electron chi connectivity index (χ1n) is 6.29. The molecule has 0 saturated heterocycles. The summed E-state index contributed by atoms with van der Waals surface area (Å²) in [5.41, 5.74) is 1.68. The summed E-state index contributed by atoms with van der Waals surface area (Å²) in [6, 6.07) is 7.29. The maximum atomic E-state index is 11.5. The van der Waals surface area contributed by atoms with Crippen LogP contribution in [0.2, 0.25) is 0 Å². The van der Waals surface area contributed by atoms with E-state index in [1.54, 1.807) is 19.2 Å². The van der Waals surface area contributed by atoms with Gasteiger partial charge < -0.3 is 15.7 Å². The molecule has 1 aromatic rings. The van der Waals surface area contributed by atoms with Gasteiger partial charge in [-0.25, -0.2) is 0 Å². The molecule has 0 aliphatic heterocycles. The number of carboxylic acid groups (broad SMARTS) is 1. The highest BCUT2D eigenvalue weighted by atomic mass is 16.4. The molecule has 1 amide bonds. The molecule has 0 heterocycles. The van der Waals surface area contributed by atoms with E-state index in [9.17, 15) is 9.59 Å². The van der Waals surface area contributed by atoms with Crippen molar-refractivity contribution in [1.29, 1.82) is 0 Å². The van der Waals surface area contributed by atoms with Crippen LogP contribution in [0.15, 0.2) is 24.3 Å². The van der Waals surface area contributed by atoms with Crippen molar-refractivity contribution in [2.75, 3.05) is 18.9 Å². The number of amides is 1. The molecule has 0 bridgehead atoms. The summed E-state index contributed by atoms with van der Waals surface area (Å²) in [6.07, 6.45) is 0.529. The van der Waals surface area contributed by atoms with Crippen LogP contribution in [0.5, 0.6) is 0 Å². The molecule has 5 nitrogen and oxygen atoms in total. The van der Waals surface area contributed by atoms with Crippen molar-refractivity contribution < 1.29 is 14.7 Å². The standard InChI is InChI=1S/C14H20N2O3/c1-10(9-14(18)19)11-3-5-12(6-4-11)16-13(17)7-8-15-2/h3-6,10,15H,7-9H2,1-2H3,(H,16,17)(H,18,19). The summed E-state index contributed by atoms with van der Waals surface area (Å²) >= 11 is 0. The Kier molecular flexibility index (Phi) is 6.02. The number of carboxylic acids is 1. The molecule has 1 atom stereocenters. The summed E-state index contributed by atoms with van der Waals surface area (Å²) in [7, 11) is 1.80. The summed E-state index contributed by atoms with van der Waals surface area (Å²) in [6.45, 7) is 2.51. The van der Waals surface area contributed by atoms with Gasteiger partial charge in [-0.05, 0) is 30.7 Å². The van der Waals surface area contributed by atoms with Gasteiger partial charge in [0, 0.05) is 18.7 Å². The molecular weight excluding hydrogens is 244 g/mol. The van der Waals surface area contributed by atoms with Crippen LogP contribution in [0.25, 0.3) is 0 Å². The highest BCUT2D eigenvalue weighted by molar-refractivity contribution is 5.90. The molecular formula is C14H20N2O3. The lowest BCUT2D eigenvalue weighted by atomic mass is 9.98. The van der Waals surface area contributed by atoms with Gasteiger partial charge in [0.25, 0.3) is 0 Å². The maximum absolute atomic E-state index is 11.5. The first kappa shape index (κ1) is 15.2. The Morgan fingerprint density at radius 1 is 1.26 bits per heavy atom. The van der Waals surface area contributed by atoms with E-state index in [0.717, 1.165) is 11.3 Å². The molecule has 19 heavy (non-hydrogen) atoms. The lowest BCUT2D eigenvalue weighted by molar-refractivity contribution is -0.137. The number of carbonyl (C=O) groups excluding carboxylic acids is 1. The van der Waals surface area contributed by atoms with Gasteiger partial charge in [-0.1, -0.05) is 19.1 Å². The monoisotopic (exact) mass is 264 g/mol. The van der Waals surface area contributed by atoms with Crippen LogP contribution in [-0.2, 0) is 9.59 Å². The second-order valence-corrected chi connectivity index (χ2v) is 4.52. The number of rotatable bonds is 7. The summed E-state index contributed by atoms with van der Waals surface area (Å²) in [4.78, 5) is 22.1. The normalized spacial score (nSPS) is 11.9. The van der Waals surface area contributed by atoms with Gasteiger partial charge in [-0.15, -0.1) is 0 Å². The lowest BCUT2D eigenvalue weighted by Gasteiger charge is -2.10. The van der Waals surface area contributed by atoms with Crippen molar-refractivity contribution in [2.24, 2.45) is 0 Å². The van der Waals surface area contributed by atoms with Gasteiger partial charge in [0.15, 0.2) is 0 Å². The topological polar surface area (TPSA) is 78.4 Å². The molecule has 3 N–H and O–H groups in total. The van der Waals surface area contributed by atoms with Gasteiger partial charge in [0.05, 0.1) is 6.42 Å². The Bertz CT molecular complexity index is 429. The number of aliphatic carboxylic acids is 1. The molecule has 0 aromatic heterocycles. The van der Waals surface area contributed by atoms with Crippen LogP contribution in [0.4, 0.5) is 5.69 Å². The molecule has 1 aromatic carbocycles. The van der Waals surface area contributed by atoms with Crippen molar-refractivity contribution in [3.05, 3.63) is 29.8 Å². The molecule has 0 spiro atoms. The molecule has 0 aliphatic rings. The quantitative estimate of drug-likeness (QED) is 0.702. The van der Waals surface area contributed by atoms with E-state index in [4.69, 9.17) is 5.11 Å². The molecule has 0 saturated carbocycles. The van der Waals surface area contributed by atoms with E-state index in [1.807, 2.05) is 19.1 Å². The zero-order chi connectivity index (χ0) is 14.3. The van der Waals surface area contributed by atoms with Crippen LogP contribution in [0.3, 0.4) is 0 Å². The summed E-state index contributed by atoms with van der Waals surface area (Å²) < 4.78 is 0. The number of hydrogen-bond donors (Lipinski definition) is 3. The predicted molar refractivity (Wildman–Crippen MR) is 74.3 cm³/mol. The van der Waals surface area contributed by atoms with Gasteiger partial charge >= 0.3 is 5.97 Å². The fourth-order valence-corrected chi connectivity index (χ4v) is 1.74. The number of carbonyl (C=O) groups is 2. The minimum absolute atomic E-state index is 0.0356. The third-order valence-electron chi connectivity index (χ3n) is 2.85. The van der Waals surface area contributed by atoms with E-state index in [-0.39, 0.29) is 18.2 Å². The number of nitrogens with one attached hydrogen (secondary N) is 2. The molecule has 104 valence electrons. The number of hydrogen-bond acceptors (Lipinski definition) is 3. The minimum atomic E-state index is -0.808. The van der Waals surface area contributed by atoms with E-state index in [1.165, 1.54) is 0 Å². The lowest BCUT2D eigenvalue weighted by Crippen LogP contribution is -2.18. The highest BCUT2D eigenvalue weighted by Gasteiger charge is 2.10. The second-order valence-electron chi connectivity index (χ2n) is 4.52. The van der Waals surface area contributed by atoms with Gasteiger partial charge in [0.2, 0.25) is 5.91 Å². The smallest absolute Gasteiger partial charge is 0.303 e. The molecule has 5 heteroatoms. The van der Waals surface area contributed by atoms with Gasteiger partial charge in [-0.3, -0.25) is 9.59 Å². The summed E-state index contributed by atoms with van der Waals surface area (Å²) in [5, 5.41) is 14.4. The Morgan fingerprint density at radius 2 is 1.89 bits per heavy atom. The average Bonchev–Trinajstić information content (AvgIpc) is 2.36. The Hall–Kier alpha value is -1.88. The predicted octanol–water partition coefficient (Wildman–Crippen LogP) is 1.81. The first-order chi connectivity index (χ1) is 9.02. The molecule has 1 unspecified atom stereocenters. The molecule has 0 radical (unpaired) electrons. The third kappa shape index (κ3) is 5.52. The van der Waals surface area contributed by atoms with Gasteiger partial charge in [0.1, 0.15) is 0 Å². The zero-order valence-electron chi connectivity index (χ0n) is 11.3. The number of benzene rings is 1. The van der Waals surface area contributed by atoms with E-state index < -0.39 is 5.97 Å². The highest BCUT2D eigenvalue weighted by Crippen LogP contribution is 2.20. The SMILES string of the molecule is CNCCC(=O)Nc1ccc(C(C)CC(=O)O)cc1. The van der Waals surface area contributed by atoms with Crippen molar-refractivity contribution in [3.63, 3.8) is 0 Å². The van der Waals surface area contributed by atoms with Crippen LogP contribution in [-0.4, -0.2) is 30.6 Å². The average molecular weight is 264 g/mol. The van der Waals surface area contributed by atoms with Crippen molar-refractivity contribution in [3.8, 4) is 0 Å². The maximum Gasteiger partial charge on any atom is 0.303 e. The molecule has 0 fully saturated rings. The molecule has 0 aliphatic carbocycles. The molecule has 1 rings (SSSR count). The van der Waals surface area contributed by atoms with E-state index in [2.05, 4.69) is 10.6 Å². The van der Waals surface area contributed by atoms with Crippen molar-refractivity contribution >= 4 is 17.6 Å². The Labute approximate surface area is 113 Å². The fraction of sp³-hybridized carbons (Fsp3) is 0.429. The fourth-order valence-electron chi connectivity index (χ4n) is 1.74. The summed E-state index contributed by atoms with van der Waals surface area (Å²) in [5.74, 6) is -0.885. The first-order valence-corrected chi connectivity index (χ1v) is 6.29. The second kappa shape index (κ2) is 7.53. The van der Waals surface area contributed by atoms with Crippen molar-refractivity contribution in [1.82, 2.24) is 5.32 Å². The van der Waals surface area contributed by atoms with Crippen LogP contribution >= 0.6 is 0 Å². The van der Waals surface area contributed by atoms with E-state index in [0.29, 0.717) is 13.0 Å².